The zero-order valence-corrected chi connectivity index (χ0v) is 10.9. The minimum atomic E-state index is -0.994. The van der Waals surface area contributed by atoms with Gasteiger partial charge in [-0.25, -0.2) is 9.78 Å². The smallest absolute Gasteiger partial charge is 0.365 e. The molecule has 0 saturated heterocycles. The van der Waals surface area contributed by atoms with E-state index in [1.54, 1.807) is 5.38 Å². The van der Waals surface area contributed by atoms with Gasteiger partial charge in [-0.05, 0) is 38.1 Å². The first-order valence-electron chi connectivity index (χ1n) is 5.52. The first kappa shape index (κ1) is 12.6. The summed E-state index contributed by atoms with van der Waals surface area (Å²) in [6.07, 6.45) is 0.133. The molecule has 1 N–H and O–H groups in total. The molecular weight excluding hydrogens is 250 g/mol. The van der Waals surface area contributed by atoms with Crippen LogP contribution in [0.15, 0.2) is 29.6 Å². The highest BCUT2D eigenvalue weighted by Gasteiger charge is 2.10. The average Bonchev–Trinajstić information content (AvgIpc) is 2.78. The number of ether oxygens (including phenoxy) is 1. The number of thiazole rings is 1. The van der Waals surface area contributed by atoms with E-state index in [2.05, 4.69) is 4.98 Å². The molecule has 1 heterocycles. The number of rotatable bonds is 4. The summed E-state index contributed by atoms with van der Waals surface area (Å²) in [5.41, 5.74) is 1.56. The minimum Gasteiger partial charge on any atom is -0.491 e. The van der Waals surface area contributed by atoms with Crippen LogP contribution in [0.3, 0.4) is 0 Å². The fourth-order valence-corrected chi connectivity index (χ4v) is 2.14. The van der Waals surface area contributed by atoms with Crippen molar-refractivity contribution in [2.45, 2.75) is 20.0 Å². The molecule has 0 spiro atoms. The van der Waals surface area contributed by atoms with E-state index in [1.807, 2.05) is 38.1 Å². The van der Waals surface area contributed by atoms with Crippen LogP contribution >= 0.6 is 11.3 Å². The second-order valence-electron chi connectivity index (χ2n) is 4.03. The first-order chi connectivity index (χ1) is 8.56. The minimum absolute atomic E-state index is 0.104. The molecule has 0 amide bonds. The molecule has 0 radical (unpaired) electrons. The Labute approximate surface area is 109 Å². The standard InChI is InChI=1S/C13H13NO3S/c1-8(2)17-10-5-3-9(4-6-10)11-7-18-12(14-11)13(15)16/h3-8H,1-2H3,(H,15,16). The lowest BCUT2D eigenvalue weighted by atomic mass is 10.2. The van der Waals surface area contributed by atoms with Crippen molar-refractivity contribution in [3.63, 3.8) is 0 Å². The lowest BCUT2D eigenvalue weighted by molar-refractivity contribution is 0.0696. The van der Waals surface area contributed by atoms with Crippen LogP contribution in [0.1, 0.15) is 23.6 Å². The third-order valence-corrected chi connectivity index (χ3v) is 3.04. The number of nitrogens with zero attached hydrogens (tertiary/aromatic N) is 1. The van der Waals surface area contributed by atoms with Crippen molar-refractivity contribution in [1.82, 2.24) is 4.98 Å². The number of carbonyl (C=O) groups is 1. The van der Waals surface area contributed by atoms with Crippen molar-refractivity contribution in [2.75, 3.05) is 0 Å². The van der Waals surface area contributed by atoms with Gasteiger partial charge >= 0.3 is 5.97 Å². The maximum atomic E-state index is 10.7. The van der Waals surface area contributed by atoms with E-state index in [9.17, 15) is 4.79 Å². The lowest BCUT2D eigenvalue weighted by Gasteiger charge is -2.09. The normalized spacial score (nSPS) is 10.6. The lowest BCUT2D eigenvalue weighted by Crippen LogP contribution is -2.05. The van der Waals surface area contributed by atoms with Gasteiger partial charge in [-0.2, -0.15) is 0 Å². The maximum absolute atomic E-state index is 10.7. The third-order valence-electron chi connectivity index (χ3n) is 2.21. The van der Waals surface area contributed by atoms with Gasteiger partial charge in [0.1, 0.15) is 5.75 Å². The molecular formula is C13H13NO3S. The molecule has 2 rings (SSSR count). The SMILES string of the molecule is CC(C)Oc1ccc(-c2csc(C(=O)O)n2)cc1. The van der Waals surface area contributed by atoms with Crippen LogP contribution in [0.2, 0.25) is 0 Å². The molecule has 1 aromatic carbocycles. The van der Waals surface area contributed by atoms with Crippen molar-refractivity contribution in [2.24, 2.45) is 0 Å². The van der Waals surface area contributed by atoms with Gasteiger partial charge in [0.2, 0.25) is 5.01 Å². The Morgan fingerprint density at radius 1 is 1.33 bits per heavy atom. The van der Waals surface area contributed by atoms with E-state index in [0.717, 1.165) is 22.6 Å². The Bertz CT molecular complexity index is 546. The number of carboxylic acid groups (broad SMARTS) is 1. The van der Waals surface area contributed by atoms with Crippen molar-refractivity contribution < 1.29 is 14.6 Å². The number of hydrogen-bond donors (Lipinski definition) is 1. The van der Waals surface area contributed by atoms with E-state index in [0.29, 0.717) is 5.69 Å². The van der Waals surface area contributed by atoms with Gasteiger partial charge < -0.3 is 9.84 Å². The second kappa shape index (κ2) is 5.18. The summed E-state index contributed by atoms with van der Waals surface area (Å²) < 4.78 is 5.54. The van der Waals surface area contributed by atoms with Gasteiger partial charge in [0.05, 0.1) is 11.8 Å². The molecule has 0 saturated carbocycles. The average molecular weight is 263 g/mol. The second-order valence-corrected chi connectivity index (χ2v) is 4.89. The quantitative estimate of drug-likeness (QED) is 0.919. The summed E-state index contributed by atoms with van der Waals surface area (Å²) in [6, 6.07) is 7.46. The molecule has 0 unspecified atom stereocenters. The molecule has 4 nitrogen and oxygen atoms in total. The van der Waals surface area contributed by atoms with Gasteiger partial charge in [0, 0.05) is 10.9 Å². The van der Waals surface area contributed by atoms with Crippen LogP contribution in [0.4, 0.5) is 0 Å². The predicted molar refractivity (Wildman–Crippen MR) is 70.3 cm³/mol. The highest BCUT2D eigenvalue weighted by Crippen LogP contribution is 2.24. The topological polar surface area (TPSA) is 59.4 Å². The Kier molecular flexibility index (Phi) is 3.62. The van der Waals surface area contributed by atoms with Crippen LogP contribution in [0.5, 0.6) is 5.75 Å². The molecule has 18 heavy (non-hydrogen) atoms. The molecule has 0 atom stereocenters. The molecule has 1 aromatic heterocycles. The van der Waals surface area contributed by atoms with Crippen molar-refractivity contribution in [3.8, 4) is 17.0 Å². The van der Waals surface area contributed by atoms with Crippen LogP contribution in [0, 0.1) is 0 Å². The van der Waals surface area contributed by atoms with Gasteiger partial charge in [0.15, 0.2) is 0 Å². The predicted octanol–water partition coefficient (Wildman–Crippen LogP) is 3.30. The molecule has 0 aliphatic heterocycles. The van der Waals surface area contributed by atoms with E-state index in [1.165, 1.54) is 0 Å². The third kappa shape index (κ3) is 2.87. The molecule has 0 bridgehead atoms. The number of aromatic nitrogens is 1. The van der Waals surface area contributed by atoms with Crippen molar-refractivity contribution >= 4 is 17.3 Å². The fourth-order valence-electron chi connectivity index (χ4n) is 1.48. The van der Waals surface area contributed by atoms with Crippen LogP contribution in [0.25, 0.3) is 11.3 Å². The van der Waals surface area contributed by atoms with E-state index >= 15 is 0 Å². The highest BCUT2D eigenvalue weighted by atomic mass is 32.1. The summed E-state index contributed by atoms with van der Waals surface area (Å²) in [5.74, 6) is -0.201. The first-order valence-corrected chi connectivity index (χ1v) is 6.40. The van der Waals surface area contributed by atoms with Crippen LogP contribution < -0.4 is 4.74 Å². The maximum Gasteiger partial charge on any atom is 0.365 e. The zero-order chi connectivity index (χ0) is 13.1. The van der Waals surface area contributed by atoms with E-state index < -0.39 is 5.97 Å². The molecule has 5 heteroatoms. The van der Waals surface area contributed by atoms with Crippen molar-refractivity contribution in [3.05, 3.63) is 34.7 Å². The number of benzene rings is 1. The Hall–Kier alpha value is -1.88. The number of hydrogen-bond acceptors (Lipinski definition) is 4. The molecule has 94 valence electrons. The largest absolute Gasteiger partial charge is 0.491 e. The Morgan fingerprint density at radius 3 is 2.50 bits per heavy atom. The van der Waals surface area contributed by atoms with Crippen molar-refractivity contribution in [1.29, 1.82) is 0 Å². The Morgan fingerprint density at radius 2 is 2.00 bits per heavy atom. The van der Waals surface area contributed by atoms with Gasteiger partial charge in [-0.1, -0.05) is 0 Å². The molecule has 0 aliphatic rings. The van der Waals surface area contributed by atoms with E-state index in [4.69, 9.17) is 9.84 Å². The molecule has 0 fully saturated rings. The monoisotopic (exact) mass is 263 g/mol. The summed E-state index contributed by atoms with van der Waals surface area (Å²) in [4.78, 5) is 14.8. The van der Waals surface area contributed by atoms with Gasteiger partial charge in [-0.3, -0.25) is 0 Å². The summed E-state index contributed by atoms with van der Waals surface area (Å²) in [6.45, 7) is 3.93. The Balaban J connectivity index is 2.20. The van der Waals surface area contributed by atoms with Crippen LogP contribution in [-0.4, -0.2) is 22.2 Å². The van der Waals surface area contributed by atoms with E-state index in [-0.39, 0.29) is 11.1 Å². The van der Waals surface area contributed by atoms with Gasteiger partial charge in [0.25, 0.3) is 0 Å². The van der Waals surface area contributed by atoms with Gasteiger partial charge in [-0.15, -0.1) is 11.3 Å². The summed E-state index contributed by atoms with van der Waals surface area (Å²) in [7, 11) is 0. The fraction of sp³-hybridized carbons (Fsp3) is 0.231. The molecule has 0 aliphatic carbocycles. The van der Waals surface area contributed by atoms with Crippen LogP contribution in [-0.2, 0) is 0 Å². The highest BCUT2D eigenvalue weighted by molar-refractivity contribution is 7.11. The summed E-state index contributed by atoms with van der Waals surface area (Å²) in [5, 5.41) is 10.7. The zero-order valence-electron chi connectivity index (χ0n) is 10.1. The summed E-state index contributed by atoms with van der Waals surface area (Å²) >= 11 is 1.13. The number of carboxylic acids is 1. The number of aromatic carboxylic acids is 1. The molecule has 2 aromatic rings.